The van der Waals surface area contributed by atoms with Gasteiger partial charge in [-0.2, -0.15) is 0 Å². The van der Waals surface area contributed by atoms with Gasteiger partial charge >= 0.3 is 0 Å². The number of imide groups is 1. The molecule has 2 unspecified atom stereocenters. The summed E-state index contributed by atoms with van der Waals surface area (Å²) in [6.07, 6.45) is 3.32. The third kappa shape index (κ3) is 4.58. The molecule has 8 heteroatoms. The standard InChI is InChI=1S/C19H23ClN2O4S/c1-19(2,26-13-9-7-12(20)8-10-13)17(24)21-14-5-3-4-6-15(14)22-16(23)11-27-18(22)25/h7-10,14-15H,3-6,11H2,1-2H3,(H,21,24). The Hall–Kier alpha value is -1.73. The van der Waals surface area contributed by atoms with Crippen LogP contribution in [-0.2, 0) is 9.59 Å². The van der Waals surface area contributed by atoms with Gasteiger partial charge in [-0.15, -0.1) is 0 Å². The Labute approximate surface area is 167 Å². The predicted octanol–water partition coefficient (Wildman–Crippen LogP) is 3.62. The molecule has 27 heavy (non-hydrogen) atoms. The van der Waals surface area contributed by atoms with E-state index in [4.69, 9.17) is 16.3 Å². The highest BCUT2D eigenvalue weighted by Gasteiger charge is 2.42. The largest absolute Gasteiger partial charge is 0.478 e. The number of halogens is 1. The summed E-state index contributed by atoms with van der Waals surface area (Å²) in [5.74, 6) is 0.274. The van der Waals surface area contributed by atoms with Crippen LogP contribution in [0.15, 0.2) is 24.3 Å². The second-order valence-electron chi connectivity index (χ2n) is 7.32. The van der Waals surface area contributed by atoms with E-state index in [0.717, 1.165) is 31.0 Å². The zero-order valence-corrected chi connectivity index (χ0v) is 16.9. The second kappa shape index (κ2) is 8.10. The van der Waals surface area contributed by atoms with Crippen LogP contribution < -0.4 is 10.1 Å². The number of carbonyl (C=O) groups excluding carboxylic acids is 3. The van der Waals surface area contributed by atoms with Crippen LogP contribution in [0.1, 0.15) is 39.5 Å². The minimum atomic E-state index is -1.11. The molecule has 1 aliphatic heterocycles. The van der Waals surface area contributed by atoms with Crippen LogP contribution in [0.25, 0.3) is 0 Å². The van der Waals surface area contributed by atoms with E-state index in [1.165, 1.54) is 4.90 Å². The molecule has 1 saturated carbocycles. The van der Waals surface area contributed by atoms with Crippen molar-refractivity contribution in [3.8, 4) is 5.75 Å². The average molecular weight is 411 g/mol. The Morgan fingerprint density at radius 1 is 1.22 bits per heavy atom. The van der Waals surface area contributed by atoms with Crippen molar-refractivity contribution >= 4 is 40.4 Å². The van der Waals surface area contributed by atoms with Crippen LogP contribution in [0.5, 0.6) is 5.75 Å². The van der Waals surface area contributed by atoms with E-state index in [0.29, 0.717) is 17.2 Å². The molecule has 1 heterocycles. The Morgan fingerprint density at radius 2 is 1.89 bits per heavy atom. The summed E-state index contributed by atoms with van der Waals surface area (Å²) in [7, 11) is 0. The maximum absolute atomic E-state index is 12.9. The van der Waals surface area contributed by atoms with Crippen LogP contribution in [0.3, 0.4) is 0 Å². The first-order chi connectivity index (χ1) is 12.8. The molecule has 1 aliphatic carbocycles. The van der Waals surface area contributed by atoms with Crippen molar-refractivity contribution in [3.63, 3.8) is 0 Å². The number of nitrogens with zero attached hydrogens (tertiary/aromatic N) is 1. The summed E-state index contributed by atoms with van der Waals surface area (Å²) in [5.41, 5.74) is -1.11. The van der Waals surface area contributed by atoms with Crippen molar-refractivity contribution in [2.45, 2.75) is 57.2 Å². The molecule has 3 rings (SSSR count). The van der Waals surface area contributed by atoms with Gasteiger partial charge < -0.3 is 10.1 Å². The molecule has 1 aromatic carbocycles. The number of benzene rings is 1. The molecule has 0 aromatic heterocycles. The van der Waals surface area contributed by atoms with Crippen molar-refractivity contribution in [1.82, 2.24) is 10.2 Å². The molecule has 0 spiro atoms. The molecule has 0 radical (unpaired) electrons. The van der Waals surface area contributed by atoms with E-state index in [2.05, 4.69) is 5.32 Å². The zero-order chi connectivity index (χ0) is 19.6. The first-order valence-electron chi connectivity index (χ1n) is 9.02. The molecule has 2 aliphatic rings. The van der Waals surface area contributed by atoms with Crippen LogP contribution in [0, 0.1) is 0 Å². The summed E-state index contributed by atoms with van der Waals surface area (Å²) in [6.45, 7) is 3.38. The van der Waals surface area contributed by atoms with Crippen LogP contribution in [0.2, 0.25) is 5.02 Å². The molecule has 1 N–H and O–H groups in total. The smallest absolute Gasteiger partial charge is 0.289 e. The number of hydrogen-bond donors (Lipinski definition) is 1. The molecule has 0 bridgehead atoms. The molecular formula is C19H23ClN2O4S. The van der Waals surface area contributed by atoms with Gasteiger partial charge in [-0.25, -0.2) is 0 Å². The number of thioether (sulfide) groups is 1. The van der Waals surface area contributed by atoms with Gasteiger partial charge in [0.15, 0.2) is 5.60 Å². The lowest BCUT2D eigenvalue weighted by Crippen LogP contribution is -2.58. The summed E-state index contributed by atoms with van der Waals surface area (Å²) in [6, 6.07) is 6.27. The van der Waals surface area contributed by atoms with Gasteiger partial charge in [0, 0.05) is 11.1 Å². The van der Waals surface area contributed by atoms with Gasteiger partial charge in [-0.05, 0) is 51.0 Å². The summed E-state index contributed by atoms with van der Waals surface area (Å²) in [4.78, 5) is 38.4. The van der Waals surface area contributed by atoms with Gasteiger partial charge in [0.1, 0.15) is 5.75 Å². The maximum atomic E-state index is 12.9. The fourth-order valence-electron chi connectivity index (χ4n) is 3.46. The third-order valence-corrected chi connectivity index (χ3v) is 5.98. The van der Waals surface area contributed by atoms with E-state index in [-0.39, 0.29) is 34.9 Å². The molecule has 146 valence electrons. The normalized spacial score (nSPS) is 23.4. The number of ether oxygens (including phenoxy) is 1. The Balaban J connectivity index is 1.69. The van der Waals surface area contributed by atoms with Crippen LogP contribution >= 0.6 is 23.4 Å². The number of amides is 3. The monoisotopic (exact) mass is 410 g/mol. The van der Waals surface area contributed by atoms with Crippen molar-refractivity contribution < 1.29 is 19.1 Å². The van der Waals surface area contributed by atoms with Gasteiger partial charge in [-0.1, -0.05) is 36.2 Å². The average Bonchev–Trinajstić information content (AvgIpc) is 2.96. The fourth-order valence-corrected chi connectivity index (χ4v) is 4.35. The minimum Gasteiger partial charge on any atom is -0.478 e. The van der Waals surface area contributed by atoms with Crippen molar-refractivity contribution in [3.05, 3.63) is 29.3 Å². The van der Waals surface area contributed by atoms with E-state index >= 15 is 0 Å². The van der Waals surface area contributed by atoms with Crippen LogP contribution in [0.4, 0.5) is 4.79 Å². The van der Waals surface area contributed by atoms with Gasteiger partial charge in [-0.3, -0.25) is 19.3 Å². The number of carbonyl (C=O) groups is 3. The molecule has 2 fully saturated rings. The molecular weight excluding hydrogens is 388 g/mol. The first-order valence-corrected chi connectivity index (χ1v) is 10.4. The fraction of sp³-hybridized carbons (Fsp3) is 0.526. The van der Waals surface area contributed by atoms with E-state index in [9.17, 15) is 14.4 Å². The highest BCUT2D eigenvalue weighted by atomic mass is 35.5. The highest BCUT2D eigenvalue weighted by molar-refractivity contribution is 8.14. The first kappa shape index (κ1) is 20.0. The molecule has 1 saturated heterocycles. The maximum Gasteiger partial charge on any atom is 0.289 e. The molecule has 6 nitrogen and oxygen atoms in total. The van der Waals surface area contributed by atoms with Crippen molar-refractivity contribution in [2.24, 2.45) is 0 Å². The lowest BCUT2D eigenvalue weighted by Gasteiger charge is -2.38. The summed E-state index contributed by atoms with van der Waals surface area (Å²) in [5, 5.41) is 3.38. The van der Waals surface area contributed by atoms with Crippen molar-refractivity contribution in [2.75, 3.05) is 5.75 Å². The molecule has 2 atom stereocenters. The second-order valence-corrected chi connectivity index (χ2v) is 8.68. The Morgan fingerprint density at radius 3 is 2.52 bits per heavy atom. The zero-order valence-electron chi connectivity index (χ0n) is 15.4. The molecule has 1 aromatic rings. The highest BCUT2D eigenvalue weighted by Crippen LogP contribution is 2.30. The lowest BCUT2D eigenvalue weighted by atomic mass is 9.88. The topological polar surface area (TPSA) is 75.7 Å². The van der Waals surface area contributed by atoms with E-state index in [1.807, 2.05) is 0 Å². The van der Waals surface area contributed by atoms with Crippen LogP contribution in [-0.4, -0.2) is 45.4 Å². The van der Waals surface area contributed by atoms with Gasteiger partial charge in [0.2, 0.25) is 5.91 Å². The Bertz CT molecular complexity index is 722. The molecule has 3 amide bonds. The summed E-state index contributed by atoms with van der Waals surface area (Å²) >= 11 is 6.91. The van der Waals surface area contributed by atoms with Gasteiger partial charge in [0.05, 0.1) is 11.8 Å². The van der Waals surface area contributed by atoms with E-state index < -0.39 is 5.60 Å². The number of nitrogens with one attached hydrogen (secondary N) is 1. The SMILES string of the molecule is CC(C)(Oc1ccc(Cl)cc1)C(=O)NC1CCCCC1N1C(=O)CSC1=O. The van der Waals surface area contributed by atoms with Crippen molar-refractivity contribution in [1.29, 1.82) is 0 Å². The van der Waals surface area contributed by atoms with Gasteiger partial charge in [0.25, 0.3) is 11.1 Å². The predicted molar refractivity (Wildman–Crippen MR) is 105 cm³/mol. The third-order valence-electron chi connectivity index (χ3n) is 4.90. The summed E-state index contributed by atoms with van der Waals surface area (Å²) < 4.78 is 5.84. The minimum absolute atomic E-state index is 0.173. The van der Waals surface area contributed by atoms with E-state index in [1.54, 1.807) is 38.1 Å². The number of rotatable bonds is 5. The lowest BCUT2D eigenvalue weighted by molar-refractivity contribution is -0.137. The quantitative estimate of drug-likeness (QED) is 0.802. The number of hydrogen-bond acceptors (Lipinski definition) is 5. The Kier molecular flexibility index (Phi) is 6.01.